The van der Waals surface area contributed by atoms with E-state index in [0.717, 1.165) is 25.7 Å². The standard InChI is InChI=1S/C10H17O3P/c1-4-14(11,12-9(2)5-6-9)13-10(3)7-8-10/h4H,1,5-8H2,2-3H3. The van der Waals surface area contributed by atoms with Gasteiger partial charge in [-0.25, -0.2) is 0 Å². The maximum Gasteiger partial charge on any atom is 0.354 e. The van der Waals surface area contributed by atoms with Gasteiger partial charge in [0.15, 0.2) is 0 Å². The molecule has 0 saturated heterocycles. The Morgan fingerprint density at radius 3 is 1.71 bits per heavy atom. The first-order chi connectivity index (χ1) is 6.39. The van der Waals surface area contributed by atoms with Gasteiger partial charge in [-0.15, -0.1) is 0 Å². The van der Waals surface area contributed by atoms with Gasteiger partial charge >= 0.3 is 7.60 Å². The fraction of sp³-hybridized carbons (Fsp3) is 0.800. The van der Waals surface area contributed by atoms with Crippen molar-refractivity contribution >= 4 is 7.60 Å². The SMILES string of the molecule is C=CP(=O)(OC1(C)CC1)OC1(C)CC1. The fourth-order valence-electron chi connectivity index (χ4n) is 1.24. The van der Waals surface area contributed by atoms with Gasteiger partial charge in [0, 0.05) is 5.82 Å². The van der Waals surface area contributed by atoms with E-state index in [2.05, 4.69) is 6.58 Å². The summed E-state index contributed by atoms with van der Waals surface area (Å²) in [7, 11) is -3.05. The van der Waals surface area contributed by atoms with Crippen molar-refractivity contribution in [3.05, 3.63) is 12.4 Å². The van der Waals surface area contributed by atoms with E-state index in [1.165, 1.54) is 5.82 Å². The predicted octanol–water partition coefficient (Wildman–Crippen LogP) is 3.46. The van der Waals surface area contributed by atoms with Crippen molar-refractivity contribution in [2.24, 2.45) is 0 Å². The monoisotopic (exact) mass is 216 g/mol. The van der Waals surface area contributed by atoms with Crippen molar-refractivity contribution in [3.63, 3.8) is 0 Å². The van der Waals surface area contributed by atoms with Crippen LogP contribution in [0.2, 0.25) is 0 Å². The molecule has 0 radical (unpaired) electrons. The largest absolute Gasteiger partial charge is 0.354 e. The van der Waals surface area contributed by atoms with E-state index in [1.807, 2.05) is 13.8 Å². The van der Waals surface area contributed by atoms with Gasteiger partial charge in [0.25, 0.3) is 0 Å². The van der Waals surface area contributed by atoms with Crippen molar-refractivity contribution < 1.29 is 13.6 Å². The molecule has 4 heteroatoms. The zero-order valence-electron chi connectivity index (χ0n) is 8.78. The van der Waals surface area contributed by atoms with Gasteiger partial charge in [-0.3, -0.25) is 13.6 Å². The molecule has 0 aliphatic heterocycles. The van der Waals surface area contributed by atoms with Crippen LogP contribution in [0.4, 0.5) is 0 Å². The molecule has 0 spiro atoms. The van der Waals surface area contributed by atoms with Crippen molar-refractivity contribution in [1.29, 1.82) is 0 Å². The molecule has 2 aliphatic rings. The molecule has 2 rings (SSSR count). The second-order valence-electron chi connectivity index (χ2n) is 4.80. The fourth-order valence-corrected chi connectivity index (χ4v) is 3.02. The van der Waals surface area contributed by atoms with Crippen LogP contribution in [0.1, 0.15) is 39.5 Å². The summed E-state index contributed by atoms with van der Waals surface area (Å²) in [5.74, 6) is 1.33. The molecule has 0 unspecified atom stereocenters. The van der Waals surface area contributed by atoms with Crippen LogP contribution in [0.25, 0.3) is 0 Å². The molecule has 14 heavy (non-hydrogen) atoms. The van der Waals surface area contributed by atoms with Crippen LogP contribution in [0.3, 0.4) is 0 Å². The summed E-state index contributed by atoms with van der Waals surface area (Å²) >= 11 is 0. The summed E-state index contributed by atoms with van der Waals surface area (Å²) < 4.78 is 23.2. The molecule has 2 fully saturated rings. The van der Waals surface area contributed by atoms with Crippen LogP contribution >= 0.6 is 7.60 Å². The second kappa shape index (κ2) is 2.94. The first-order valence-corrected chi connectivity index (χ1v) is 6.65. The van der Waals surface area contributed by atoms with Crippen LogP contribution in [0.15, 0.2) is 12.4 Å². The molecular formula is C10H17O3P. The second-order valence-corrected chi connectivity index (χ2v) is 6.61. The van der Waals surface area contributed by atoms with Crippen LogP contribution in [-0.4, -0.2) is 11.2 Å². The zero-order chi connectivity index (χ0) is 10.4. The van der Waals surface area contributed by atoms with E-state index < -0.39 is 7.60 Å². The Balaban J connectivity index is 2.01. The van der Waals surface area contributed by atoms with Crippen LogP contribution < -0.4 is 0 Å². The quantitative estimate of drug-likeness (QED) is 0.660. The Morgan fingerprint density at radius 2 is 1.50 bits per heavy atom. The van der Waals surface area contributed by atoms with Crippen molar-refractivity contribution in [2.45, 2.75) is 50.7 Å². The van der Waals surface area contributed by atoms with E-state index in [1.54, 1.807) is 0 Å². The van der Waals surface area contributed by atoms with Gasteiger partial charge in [0.2, 0.25) is 0 Å². The summed E-state index contributed by atoms with van der Waals surface area (Å²) in [4.78, 5) is 0. The van der Waals surface area contributed by atoms with Gasteiger partial charge in [0.1, 0.15) is 0 Å². The van der Waals surface area contributed by atoms with Crippen molar-refractivity contribution in [1.82, 2.24) is 0 Å². The van der Waals surface area contributed by atoms with Crippen molar-refractivity contribution in [3.8, 4) is 0 Å². The first-order valence-electron chi connectivity index (χ1n) is 5.04. The van der Waals surface area contributed by atoms with E-state index in [0.29, 0.717) is 0 Å². The highest BCUT2D eigenvalue weighted by molar-refractivity contribution is 7.57. The number of rotatable bonds is 5. The Kier molecular flexibility index (Phi) is 2.19. The van der Waals surface area contributed by atoms with E-state index in [-0.39, 0.29) is 11.2 Å². The van der Waals surface area contributed by atoms with Crippen LogP contribution in [0.5, 0.6) is 0 Å². The smallest absolute Gasteiger partial charge is 0.299 e. The number of hydrogen-bond donors (Lipinski definition) is 0. The van der Waals surface area contributed by atoms with Gasteiger partial charge in [-0.05, 0) is 39.5 Å². The Morgan fingerprint density at radius 1 is 1.14 bits per heavy atom. The third kappa shape index (κ3) is 2.28. The lowest BCUT2D eigenvalue weighted by Gasteiger charge is -2.22. The lowest BCUT2D eigenvalue weighted by molar-refractivity contribution is 0.112. The maximum absolute atomic E-state index is 12.1. The molecule has 80 valence electrons. The average molecular weight is 216 g/mol. The first kappa shape index (κ1) is 10.4. The lowest BCUT2D eigenvalue weighted by atomic mass is 10.4. The molecule has 0 N–H and O–H groups in total. The Bertz CT molecular complexity index is 278. The Labute approximate surface area is 85.0 Å². The summed E-state index contributed by atoms with van der Waals surface area (Å²) in [5, 5.41) is 0. The van der Waals surface area contributed by atoms with E-state index in [9.17, 15) is 4.57 Å². The highest BCUT2D eigenvalue weighted by Gasteiger charge is 2.49. The molecule has 3 nitrogen and oxygen atoms in total. The molecular weight excluding hydrogens is 199 g/mol. The molecule has 0 aromatic heterocycles. The molecule has 0 amide bonds. The summed E-state index contributed by atoms with van der Waals surface area (Å²) in [6.45, 7) is 7.46. The summed E-state index contributed by atoms with van der Waals surface area (Å²) in [6, 6.07) is 0. The highest BCUT2D eigenvalue weighted by atomic mass is 31.2. The molecule has 0 heterocycles. The molecule has 2 saturated carbocycles. The van der Waals surface area contributed by atoms with Crippen molar-refractivity contribution in [2.75, 3.05) is 0 Å². The molecule has 0 aromatic carbocycles. The molecule has 0 bridgehead atoms. The number of hydrogen-bond acceptors (Lipinski definition) is 3. The third-order valence-corrected chi connectivity index (χ3v) is 4.66. The highest BCUT2D eigenvalue weighted by Crippen LogP contribution is 2.63. The summed E-state index contributed by atoms with van der Waals surface area (Å²) in [6.07, 6.45) is 3.85. The van der Waals surface area contributed by atoms with Gasteiger partial charge in [-0.1, -0.05) is 6.58 Å². The maximum atomic E-state index is 12.1. The van der Waals surface area contributed by atoms with E-state index in [4.69, 9.17) is 9.05 Å². The normalized spacial score (nSPS) is 27.0. The Hall–Kier alpha value is -0.110. The third-order valence-electron chi connectivity index (χ3n) is 2.83. The van der Waals surface area contributed by atoms with Crippen LogP contribution in [-0.2, 0) is 13.6 Å². The minimum atomic E-state index is -3.05. The van der Waals surface area contributed by atoms with Gasteiger partial charge in [0.05, 0.1) is 11.2 Å². The minimum Gasteiger partial charge on any atom is -0.299 e. The van der Waals surface area contributed by atoms with Crippen LogP contribution in [0, 0.1) is 0 Å². The van der Waals surface area contributed by atoms with Gasteiger partial charge < -0.3 is 0 Å². The topological polar surface area (TPSA) is 35.5 Å². The predicted molar refractivity (Wildman–Crippen MR) is 55.3 cm³/mol. The molecule has 0 aromatic rings. The minimum absolute atomic E-state index is 0.227. The lowest BCUT2D eigenvalue weighted by Crippen LogP contribution is -2.12. The molecule has 0 atom stereocenters. The zero-order valence-corrected chi connectivity index (χ0v) is 9.68. The van der Waals surface area contributed by atoms with Gasteiger partial charge in [-0.2, -0.15) is 0 Å². The average Bonchev–Trinajstić information content (AvgIpc) is 2.95. The summed E-state index contributed by atoms with van der Waals surface area (Å²) in [5.41, 5.74) is -0.454. The van der Waals surface area contributed by atoms with E-state index >= 15 is 0 Å². The molecule has 2 aliphatic carbocycles.